The highest BCUT2D eigenvalue weighted by Gasteiger charge is 2.40. The molecule has 0 rings (SSSR count). The Morgan fingerprint density at radius 2 is 0.525 bits per heavy atom. The van der Waals surface area contributed by atoms with Crippen LogP contribution in [0.15, 0.2) is 15.0 Å². The van der Waals surface area contributed by atoms with Gasteiger partial charge in [-0.15, -0.1) is 0 Å². The maximum Gasteiger partial charge on any atom is 0.490 e. The standard InChI is InChI=1S/C76H150N16O7.3C2HF3O2/c1-3-5-7-9-11-13-15-17-19-21-23-25-27-29-31-33-35-37-39-41-43-53-67(93)84-60-48-62-92(63-49-61-85-68(94)54-44-42-40-38-36-34-32-30-28-26-24-22-20-18-16-14-12-10-8-6-4-2)70(96)56-55-69(95)89-65(51-46-58-87-75(80)81)72(98)91-66(52-47-59-88-76(82)83)73(99)90-64(71(77)97)50-45-57-86-74(78)79;3*3-2(4,5)1(6)7/h64-66H,3-63H2,1-2H3,(H2,77,97)(H,84,93)(H,85,94)(H,89,95)(H,90,99)(H,91,98)(H4,78,79,86)(H4,80,81,87)(H4,82,83,88);3*(H,6,7)/t64-,65-,66-;;;/m0.../s1. The zero-order valence-electron chi connectivity index (χ0n) is 72.0. The number of rotatable bonds is 73. The number of carbonyl (C=O) groups is 10. The predicted molar refractivity (Wildman–Crippen MR) is 451 cm³/mol. The van der Waals surface area contributed by atoms with Crippen LogP contribution < -0.4 is 66.7 Å². The summed E-state index contributed by atoms with van der Waals surface area (Å²) in [5.41, 5.74) is 38.7. The van der Waals surface area contributed by atoms with E-state index in [9.17, 15) is 73.1 Å². The fourth-order valence-corrected chi connectivity index (χ4v) is 12.5. The van der Waals surface area contributed by atoms with E-state index < -0.39 is 78.2 Å². The smallest absolute Gasteiger partial charge is 0.475 e. The maximum absolute atomic E-state index is 14.1. The van der Waals surface area contributed by atoms with Gasteiger partial charge in [-0.3, -0.25) is 48.5 Å². The molecule has 0 spiro atoms. The highest BCUT2D eigenvalue weighted by atomic mass is 19.4. The fraction of sp³-hybridized carbons (Fsp3) is 0.841. The molecule has 7 amide bonds. The van der Waals surface area contributed by atoms with Gasteiger partial charge in [0.25, 0.3) is 0 Å². The quantitative estimate of drug-likeness (QED) is 0.0116. The van der Waals surface area contributed by atoms with Gasteiger partial charge < -0.3 is 86.9 Å². The lowest BCUT2D eigenvalue weighted by Gasteiger charge is -2.25. The molecule has 0 bridgehead atoms. The van der Waals surface area contributed by atoms with E-state index in [4.69, 9.17) is 69.8 Å². The number of unbranched alkanes of at least 4 members (excludes halogenated alkanes) is 40. The van der Waals surface area contributed by atoms with Crippen LogP contribution in [0.4, 0.5) is 39.5 Å². The Bertz CT molecular complexity index is 2640. The highest BCUT2D eigenvalue weighted by Crippen LogP contribution is 2.20. The first-order valence-corrected chi connectivity index (χ1v) is 43.9. The molecule has 0 saturated carbocycles. The third kappa shape index (κ3) is 84.9. The van der Waals surface area contributed by atoms with E-state index in [-0.39, 0.29) is 100 Å². The number of primary amides is 1. The molecular formula is C82H153F9N16O13. The second-order valence-electron chi connectivity index (χ2n) is 30.3. The van der Waals surface area contributed by atoms with Crippen LogP contribution in [0.5, 0.6) is 0 Å². The average molecular weight is 1740 g/mol. The molecule has 702 valence electrons. The monoisotopic (exact) mass is 1740 g/mol. The Kier molecular flexibility index (Phi) is 78.2. The van der Waals surface area contributed by atoms with Gasteiger partial charge in [0.2, 0.25) is 41.4 Å². The summed E-state index contributed by atoms with van der Waals surface area (Å²) >= 11 is 0. The van der Waals surface area contributed by atoms with Crippen LogP contribution in [-0.4, -0.2) is 180 Å². The van der Waals surface area contributed by atoms with Gasteiger partial charge in [0, 0.05) is 71.5 Å². The molecule has 0 aromatic carbocycles. The number of alkyl halides is 9. The molecule has 120 heavy (non-hydrogen) atoms. The van der Waals surface area contributed by atoms with Gasteiger partial charge >= 0.3 is 36.4 Å². The number of aliphatic imine (C=N–C) groups is 3. The van der Waals surface area contributed by atoms with Crippen LogP contribution in [0.1, 0.15) is 361 Å². The largest absolute Gasteiger partial charge is 0.490 e. The van der Waals surface area contributed by atoms with Gasteiger partial charge in [-0.1, -0.05) is 271 Å². The van der Waals surface area contributed by atoms with Gasteiger partial charge in [-0.05, 0) is 64.2 Å². The summed E-state index contributed by atoms with van der Waals surface area (Å²) in [6.07, 6.45) is 42.0. The molecule has 0 aliphatic carbocycles. The normalized spacial score (nSPS) is 11.9. The average Bonchev–Trinajstić information content (AvgIpc) is 0.870. The molecule has 0 radical (unpaired) electrons. The van der Waals surface area contributed by atoms with Gasteiger partial charge in [0.05, 0.1) is 0 Å². The second-order valence-corrected chi connectivity index (χ2v) is 30.3. The first kappa shape index (κ1) is 118. The van der Waals surface area contributed by atoms with Gasteiger partial charge in [-0.2, -0.15) is 39.5 Å². The number of hydrogen-bond acceptors (Lipinski definition) is 13. The Morgan fingerprint density at radius 1 is 0.300 bits per heavy atom. The van der Waals surface area contributed by atoms with Crippen molar-refractivity contribution < 1.29 is 103 Å². The molecule has 0 aromatic heterocycles. The van der Waals surface area contributed by atoms with E-state index in [1.807, 2.05) is 0 Å². The fourth-order valence-electron chi connectivity index (χ4n) is 12.5. The Balaban J connectivity index is -0.00000280. The van der Waals surface area contributed by atoms with Crippen LogP contribution in [0, 0.1) is 0 Å². The number of halogens is 9. The van der Waals surface area contributed by atoms with Gasteiger partial charge in [-0.25, -0.2) is 14.4 Å². The summed E-state index contributed by atoms with van der Waals surface area (Å²) < 4.78 is 95.2. The molecule has 3 atom stereocenters. The lowest BCUT2D eigenvalue weighted by Crippen LogP contribution is -2.56. The topological polar surface area (TPSA) is 514 Å². The van der Waals surface area contributed by atoms with E-state index in [0.717, 1.165) is 38.5 Å². The molecule has 38 heteroatoms. The summed E-state index contributed by atoms with van der Waals surface area (Å²) in [6.45, 7) is 6.41. The number of carbonyl (C=O) groups excluding carboxylic acids is 7. The van der Waals surface area contributed by atoms with Crippen molar-refractivity contribution in [1.82, 2.24) is 31.5 Å². The van der Waals surface area contributed by atoms with E-state index in [0.29, 0.717) is 58.3 Å². The van der Waals surface area contributed by atoms with Gasteiger partial charge in [0.15, 0.2) is 17.9 Å². The Hall–Kier alpha value is -8.12. The summed E-state index contributed by atoms with van der Waals surface area (Å²) in [5, 5.41) is 35.5. The summed E-state index contributed by atoms with van der Waals surface area (Å²) in [6, 6.07) is -3.52. The highest BCUT2D eigenvalue weighted by molar-refractivity contribution is 5.94. The van der Waals surface area contributed by atoms with Crippen LogP contribution >= 0.6 is 0 Å². The number of nitrogens with zero attached hydrogens (tertiary/aromatic N) is 4. The number of hydrogen-bond donors (Lipinski definition) is 15. The minimum absolute atomic E-state index is 0.0129. The first-order valence-electron chi connectivity index (χ1n) is 43.9. The number of nitrogens with two attached hydrogens (primary N) is 7. The summed E-state index contributed by atoms with van der Waals surface area (Å²) in [5.74, 6) is -11.9. The third-order valence-electron chi connectivity index (χ3n) is 19.3. The minimum Gasteiger partial charge on any atom is -0.475 e. The molecule has 0 aliphatic rings. The number of nitrogens with one attached hydrogen (secondary N) is 5. The van der Waals surface area contributed by atoms with Crippen molar-refractivity contribution in [3.05, 3.63) is 0 Å². The summed E-state index contributed by atoms with van der Waals surface area (Å²) in [4.78, 5) is 134. The molecule has 0 aromatic rings. The molecule has 22 N–H and O–H groups in total. The van der Waals surface area contributed by atoms with Crippen molar-refractivity contribution in [2.45, 2.75) is 397 Å². The Labute approximate surface area is 706 Å². The van der Waals surface area contributed by atoms with Crippen molar-refractivity contribution in [1.29, 1.82) is 0 Å². The van der Waals surface area contributed by atoms with E-state index in [1.165, 1.54) is 231 Å². The summed E-state index contributed by atoms with van der Waals surface area (Å²) in [7, 11) is 0. The number of carboxylic acid groups (broad SMARTS) is 3. The SMILES string of the molecule is CCCCCCCCCCCCCCCCCCCCCCCC(=O)NCCCN(CCCNC(=O)CCCCCCCCCCCCCCCCCCCCCCC)C(=O)CCC(=O)N[C@@H](CCCN=C(N)N)C(=O)N[C@@H](CCCN=C(N)N)C(=O)N[C@@H](CCCN=C(N)N)C(N)=O.O=C(O)C(F)(F)F.O=C(O)C(F)(F)F.O=C(O)C(F)(F)F. The van der Waals surface area contributed by atoms with E-state index in [1.54, 1.807) is 4.90 Å². The van der Waals surface area contributed by atoms with Crippen molar-refractivity contribution in [2.24, 2.45) is 55.1 Å². The van der Waals surface area contributed by atoms with Crippen molar-refractivity contribution >= 4 is 77.1 Å². The number of amides is 7. The van der Waals surface area contributed by atoms with Gasteiger partial charge in [0.1, 0.15) is 18.1 Å². The van der Waals surface area contributed by atoms with Crippen molar-refractivity contribution in [3.63, 3.8) is 0 Å². The van der Waals surface area contributed by atoms with Crippen molar-refractivity contribution in [3.8, 4) is 0 Å². The molecule has 0 saturated heterocycles. The number of aliphatic carboxylic acids is 3. The third-order valence-corrected chi connectivity index (χ3v) is 19.3. The molecule has 0 fully saturated rings. The van der Waals surface area contributed by atoms with E-state index in [2.05, 4.69) is 55.4 Å². The van der Waals surface area contributed by atoms with Crippen molar-refractivity contribution in [2.75, 3.05) is 45.8 Å². The number of guanidine groups is 3. The molecular weight excluding hydrogens is 1590 g/mol. The molecule has 0 heterocycles. The van der Waals surface area contributed by atoms with Crippen LogP contribution in [0.25, 0.3) is 0 Å². The Morgan fingerprint density at radius 3 is 0.758 bits per heavy atom. The van der Waals surface area contributed by atoms with Crippen LogP contribution in [0.2, 0.25) is 0 Å². The molecule has 29 nitrogen and oxygen atoms in total. The van der Waals surface area contributed by atoms with Crippen LogP contribution in [-0.2, 0) is 47.9 Å². The molecule has 0 aliphatic heterocycles. The first-order chi connectivity index (χ1) is 56.8. The van der Waals surface area contributed by atoms with E-state index >= 15 is 0 Å². The van der Waals surface area contributed by atoms with Crippen LogP contribution in [0.3, 0.4) is 0 Å². The molecule has 0 unspecified atom stereocenters. The minimum atomic E-state index is -5.08. The lowest BCUT2D eigenvalue weighted by molar-refractivity contribution is -0.193. The zero-order valence-corrected chi connectivity index (χ0v) is 72.0. The lowest BCUT2D eigenvalue weighted by atomic mass is 10.0. The second kappa shape index (κ2) is 79.4. The number of carboxylic acids is 3. The zero-order chi connectivity index (χ0) is 91.1. The maximum atomic E-state index is 14.1. The predicted octanol–water partition coefficient (Wildman–Crippen LogP) is 13.8.